The lowest BCUT2D eigenvalue weighted by molar-refractivity contribution is 0.341. The van der Waals surface area contributed by atoms with Crippen LogP contribution in [0.5, 0.6) is 5.75 Å². The fourth-order valence-corrected chi connectivity index (χ4v) is 2.98. The van der Waals surface area contributed by atoms with Gasteiger partial charge in [-0.05, 0) is 56.5 Å². The van der Waals surface area contributed by atoms with Gasteiger partial charge in [-0.25, -0.2) is 0 Å². The molecular weight excluding hydrogens is 236 g/mol. The fourth-order valence-electron chi connectivity index (χ4n) is 2.98. The molecule has 1 saturated carbocycles. The normalized spacial score (nSPS) is 23.1. The lowest BCUT2D eigenvalue weighted by Gasteiger charge is -2.36. The molecule has 0 unspecified atom stereocenters. The second-order valence-corrected chi connectivity index (χ2v) is 5.37. The summed E-state index contributed by atoms with van der Waals surface area (Å²) in [5.41, 5.74) is 1.28. The molecule has 0 saturated heterocycles. The van der Waals surface area contributed by atoms with Gasteiger partial charge in [-0.15, -0.1) is 0 Å². The number of nitrogens with one attached hydrogen (secondary N) is 1. The topological polar surface area (TPSA) is 24.5 Å². The lowest BCUT2D eigenvalue weighted by atomic mass is 9.90. The van der Waals surface area contributed by atoms with E-state index in [0.717, 1.165) is 18.3 Å². The smallest absolute Gasteiger partial charge is 0.119 e. The monoisotopic (exact) mass is 262 g/mol. The van der Waals surface area contributed by atoms with Crippen molar-refractivity contribution in [3.8, 4) is 5.75 Å². The second-order valence-electron chi connectivity index (χ2n) is 5.37. The summed E-state index contributed by atoms with van der Waals surface area (Å²) in [6.45, 7) is 3.28. The molecule has 0 aromatic heterocycles. The van der Waals surface area contributed by atoms with Gasteiger partial charge in [0.15, 0.2) is 0 Å². The van der Waals surface area contributed by atoms with Crippen molar-refractivity contribution in [3.63, 3.8) is 0 Å². The molecule has 1 fully saturated rings. The van der Waals surface area contributed by atoms with E-state index in [9.17, 15) is 0 Å². The van der Waals surface area contributed by atoms with Crippen molar-refractivity contribution in [2.75, 3.05) is 25.6 Å². The highest BCUT2D eigenvalue weighted by atomic mass is 16.5. The number of ether oxygens (including phenoxy) is 1. The van der Waals surface area contributed by atoms with Gasteiger partial charge in [-0.3, -0.25) is 0 Å². The van der Waals surface area contributed by atoms with Crippen molar-refractivity contribution < 1.29 is 4.74 Å². The molecule has 19 heavy (non-hydrogen) atoms. The molecule has 0 atom stereocenters. The Morgan fingerprint density at radius 3 is 2.32 bits per heavy atom. The van der Waals surface area contributed by atoms with E-state index in [1.54, 1.807) is 7.11 Å². The first-order valence-corrected chi connectivity index (χ1v) is 7.35. The molecule has 106 valence electrons. The number of nitrogens with zero attached hydrogens (tertiary/aromatic N) is 1. The highest BCUT2D eigenvalue weighted by Gasteiger charge is 2.23. The summed E-state index contributed by atoms with van der Waals surface area (Å²) in [7, 11) is 3.92. The van der Waals surface area contributed by atoms with Gasteiger partial charge in [0.25, 0.3) is 0 Å². The Kier molecular flexibility index (Phi) is 5.08. The highest BCUT2D eigenvalue weighted by molar-refractivity contribution is 5.49. The van der Waals surface area contributed by atoms with Crippen LogP contribution in [0.2, 0.25) is 0 Å². The number of methoxy groups -OCH3 is 1. The Balaban J connectivity index is 1.91. The van der Waals surface area contributed by atoms with Crippen LogP contribution in [0.3, 0.4) is 0 Å². The molecule has 1 aliphatic rings. The zero-order valence-corrected chi connectivity index (χ0v) is 12.4. The summed E-state index contributed by atoms with van der Waals surface area (Å²) in [6, 6.07) is 9.77. The van der Waals surface area contributed by atoms with Gasteiger partial charge in [0.05, 0.1) is 7.11 Å². The predicted octanol–water partition coefficient (Wildman–Crippen LogP) is 3.05. The molecule has 0 aliphatic heterocycles. The minimum Gasteiger partial charge on any atom is -0.497 e. The molecule has 1 aromatic carbocycles. The van der Waals surface area contributed by atoms with Gasteiger partial charge >= 0.3 is 0 Å². The molecule has 0 bridgehead atoms. The quantitative estimate of drug-likeness (QED) is 0.882. The Hall–Kier alpha value is -1.22. The van der Waals surface area contributed by atoms with E-state index in [1.165, 1.54) is 31.4 Å². The standard InChI is InChI=1S/C16H26N2O/c1-4-17-13-5-7-14(8-6-13)18(2)15-9-11-16(19-3)12-10-15/h9-14,17H,4-8H2,1-3H3. The summed E-state index contributed by atoms with van der Waals surface area (Å²) >= 11 is 0. The average molecular weight is 262 g/mol. The highest BCUT2D eigenvalue weighted by Crippen LogP contribution is 2.27. The zero-order valence-electron chi connectivity index (χ0n) is 12.4. The van der Waals surface area contributed by atoms with Gasteiger partial charge in [0.1, 0.15) is 5.75 Å². The molecular formula is C16H26N2O. The van der Waals surface area contributed by atoms with E-state index in [-0.39, 0.29) is 0 Å². The lowest BCUT2D eigenvalue weighted by Crippen LogP contribution is -2.40. The van der Waals surface area contributed by atoms with Gasteiger partial charge in [-0.2, -0.15) is 0 Å². The van der Waals surface area contributed by atoms with Crippen molar-refractivity contribution in [2.45, 2.75) is 44.7 Å². The Morgan fingerprint density at radius 1 is 1.16 bits per heavy atom. The Bertz CT molecular complexity index is 369. The molecule has 3 heteroatoms. The van der Waals surface area contributed by atoms with Crippen molar-refractivity contribution >= 4 is 5.69 Å². The number of rotatable bonds is 5. The maximum Gasteiger partial charge on any atom is 0.119 e. The van der Waals surface area contributed by atoms with Crippen molar-refractivity contribution in [1.29, 1.82) is 0 Å². The van der Waals surface area contributed by atoms with Crippen molar-refractivity contribution in [3.05, 3.63) is 24.3 Å². The average Bonchev–Trinajstić information content (AvgIpc) is 2.48. The van der Waals surface area contributed by atoms with Gasteiger partial charge in [-0.1, -0.05) is 6.92 Å². The summed E-state index contributed by atoms with van der Waals surface area (Å²) in [5.74, 6) is 0.924. The molecule has 1 aromatic rings. The van der Waals surface area contributed by atoms with E-state index in [0.29, 0.717) is 6.04 Å². The van der Waals surface area contributed by atoms with E-state index in [4.69, 9.17) is 4.74 Å². The molecule has 0 heterocycles. The van der Waals surface area contributed by atoms with Gasteiger partial charge in [0, 0.05) is 24.8 Å². The molecule has 2 rings (SSSR count). The van der Waals surface area contributed by atoms with Crippen LogP contribution in [0.4, 0.5) is 5.69 Å². The molecule has 0 amide bonds. The maximum absolute atomic E-state index is 5.21. The third-order valence-corrected chi connectivity index (χ3v) is 4.22. The Labute approximate surface area is 116 Å². The van der Waals surface area contributed by atoms with Crippen LogP contribution in [0.1, 0.15) is 32.6 Å². The fraction of sp³-hybridized carbons (Fsp3) is 0.625. The summed E-state index contributed by atoms with van der Waals surface area (Å²) < 4.78 is 5.21. The van der Waals surface area contributed by atoms with Crippen LogP contribution in [0, 0.1) is 0 Å². The van der Waals surface area contributed by atoms with Crippen molar-refractivity contribution in [1.82, 2.24) is 5.32 Å². The third-order valence-electron chi connectivity index (χ3n) is 4.22. The SMILES string of the molecule is CCNC1CCC(N(C)c2ccc(OC)cc2)CC1. The first kappa shape index (κ1) is 14.2. The number of benzene rings is 1. The molecule has 0 spiro atoms. The van der Waals surface area contributed by atoms with Gasteiger partial charge in [0.2, 0.25) is 0 Å². The minimum absolute atomic E-state index is 0.670. The summed E-state index contributed by atoms with van der Waals surface area (Å²) in [6.07, 6.45) is 5.14. The summed E-state index contributed by atoms with van der Waals surface area (Å²) in [5, 5.41) is 3.56. The molecule has 0 radical (unpaired) electrons. The predicted molar refractivity (Wildman–Crippen MR) is 81.1 cm³/mol. The minimum atomic E-state index is 0.670. The molecule has 3 nitrogen and oxygen atoms in total. The Morgan fingerprint density at radius 2 is 1.79 bits per heavy atom. The first-order chi connectivity index (χ1) is 9.24. The van der Waals surface area contributed by atoms with Crippen LogP contribution in [-0.2, 0) is 0 Å². The second kappa shape index (κ2) is 6.80. The number of hydrogen-bond donors (Lipinski definition) is 1. The number of anilines is 1. The molecule has 1 aliphatic carbocycles. The summed E-state index contributed by atoms with van der Waals surface area (Å²) in [4.78, 5) is 2.42. The van der Waals surface area contributed by atoms with Crippen LogP contribution < -0.4 is 15.0 Å². The maximum atomic E-state index is 5.21. The van der Waals surface area contributed by atoms with E-state index in [2.05, 4.69) is 36.3 Å². The largest absolute Gasteiger partial charge is 0.497 e. The van der Waals surface area contributed by atoms with E-state index >= 15 is 0 Å². The van der Waals surface area contributed by atoms with Crippen LogP contribution in [0.15, 0.2) is 24.3 Å². The van der Waals surface area contributed by atoms with Crippen LogP contribution >= 0.6 is 0 Å². The number of hydrogen-bond acceptors (Lipinski definition) is 3. The van der Waals surface area contributed by atoms with Crippen molar-refractivity contribution in [2.24, 2.45) is 0 Å². The zero-order chi connectivity index (χ0) is 13.7. The molecule has 1 N–H and O–H groups in total. The first-order valence-electron chi connectivity index (χ1n) is 7.35. The van der Waals surface area contributed by atoms with Crippen LogP contribution in [-0.4, -0.2) is 32.8 Å². The van der Waals surface area contributed by atoms with Gasteiger partial charge < -0.3 is 15.0 Å². The van der Waals surface area contributed by atoms with Crippen LogP contribution in [0.25, 0.3) is 0 Å². The van der Waals surface area contributed by atoms with E-state index < -0.39 is 0 Å². The third kappa shape index (κ3) is 3.63. The van der Waals surface area contributed by atoms with E-state index in [1.807, 2.05) is 12.1 Å².